The second-order valence-electron chi connectivity index (χ2n) is 6.21. The SMILES string of the molecule is CNC(CN1CCN2CCCC2C1)c1ccc(OC)cc1. The summed E-state index contributed by atoms with van der Waals surface area (Å²) < 4.78 is 5.24. The van der Waals surface area contributed by atoms with E-state index in [2.05, 4.69) is 46.4 Å². The number of benzene rings is 1. The van der Waals surface area contributed by atoms with E-state index < -0.39 is 0 Å². The molecule has 0 bridgehead atoms. The summed E-state index contributed by atoms with van der Waals surface area (Å²) in [5.41, 5.74) is 1.34. The molecule has 116 valence electrons. The van der Waals surface area contributed by atoms with Crippen LogP contribution in [0, 0.1) is 0 Å². The molecule has 4 heteroatoms. The molecular formula is C17H27N3O. The van der Waals surface area contributed by atoms with E-state index in [9.17, 15) is 0 Å². The van der Waals surface area contributed by atoms with Gasteiger partial charge in [-0.2, -0.15) is 0 Å². The van der Waals surface area contributed by atoms with Gasteiger partial charge in [0.05, 0.1) is 7.11 Å². The van der Waals surface area contributed by atoms with Gasteiger partial charge < -0.3 is 10.1 Å². The van der Waals surface area contributed by atoms with Crippen molar-refractivity contribution in [1.29, 1.82) is 0 Å². The van der Waals surface area contributed by atoms with E-state index in [0.29, 0.717) is 6.04 Å². The predicted molar refractivity (Wildman–Crippen MR) is 85.8 cm³/mol. The van der Waals surface area contributed by atoms with Crippen LogP contribution in [0.15, 0.2) is 24.3 Å². The quantitative estimate of drug-likeness (QED) is 0.893. The molecular weight excluding hydrogens is 262 g/mol. The molecule has 1 N–H and O–H groups in total. The first-order valence-electron chi connectivity index (χ1n) is 8.08. The van der Waals surface area contributed by atoms with Gasteiger partial charge in [-0.3, -0.25) is 9.80 Å². The van der Waals surface area contributed by atoms with E-state index in [1.807, 2.05) is 0 Å². The fraction of sp³-hybridized carbons (Fsp3) is 0.647. The maximum Gasteiger partial charge on any atom is 0.118 e. The number of hydrogen-bond donors (Lipinski definition) is 1. The Labute approximate surface area is 128 Å². The van der Waals surface area contributed by atoms with Crippen molar-refractivity contribution < 1.29 is 4.74 Å². The Morgan fingerprint density at radius 2 is 2.05 bits per heavy atom. The molecule has 2 atom stereocenters. The van der Waals surface area contributed by atoms with E-state index in [1.165, 1.54) is 44.6 Å². The van der Waals surface area contributed by atoms with Gasteiger partial charge in [0.15, 0.2) is 0 Å². The Balaban J connectivity index is 1.61. The molecule has 2 unspecified atom stereocenters. The van der Waals surface area contributed by atoms with Gasteiger partial charge in [0.1, 0.15) is 5.75 Å². The van der Waals surface area contributed by atoms with Gasteiger partial charge in [-0.1, -0.05) is 12.1 Å². The Morgan fingerprint density at radius 1 is 1.24 bits per heavy atom. The average Bonchev–Trinajstić information content (AvgIpc) is 3.00. The smallest absolute Gasteiger partial charge is 0.118 e. The van der Waals surface area contributed by atoms with Crippen molar-refractivity contribution >= 4 is 0 Å². The number of piperazine rings is 1. The van der Waals surface area contributed by atoms with Crippen LogP contribution in [-0.4, -0.2) is 62.7 Å². The molecule has 3 rings (SSSR count). The lowest BCUT2D eigenvalue weighted by Crippen LogP contribution is -2.51. The van der Waals surface area contributed by atoms with Gasteiger partial charge >= 0.3 is 0 Å². The van der Waals surface area contributed by atoms with Crippen LogP contribution < -0.4 is 10.1 Å². The highest BCUT2D eigenvalue weighted by Gasteiger charge is 2.31. The Hall–Kier alpha value is -1.10. The molecule has 0 aliphatic carbocycles. The number of rotatable bonds is 5. The van der Waals surface area contributed by atoms with Crippen molar-refractivity contribution in [2.75, 3.05) is 46.9 Å². The van der Waals surface area contributed by atoms with Crippen LogP contribution in [0.3, 0.4) is 0 Å². The molecule has 0 saturated carbocycles. The lowest BCUT2D eigenvalue weighted by Gasteiger charge is -2.39. The summed E-state index contributed by atoms with van der Waals surface area (Å²) in [7, 11) is 3.77. The zero-order valence-electron chi connectivity index (χ0n) is 13.2. The first kappa shape index (κ1) is 14.8. The minimum atomic E-state index is 0.392. The summed E-state index contributed by atoms with van der Waals surface area (Å²) in [5.74, 6) is 0.924. The molecule has 2 aliphatic heterocycles. The first-order valence-corrected chi connectivity index (χ1v) is 8.08. The van der Waals surface area contributed by atoms with Crippen LogP contribution >= 0.6 is 0 Å². The second-order valence-corrected chi connectivity index (χ2v) is 6.21. The molecule has 0 radical (unpaired) electrons. The maximum atomic E-state index is 5.24. The topological polar surface area (TPSA) is 27.7 Å². The molecule has 1 aromatic rings. The maximum absolute atomic E-state index is 5.24. The molecule has 1 aromatic carbocycles. The summed E-state index contributed by atoms with van der Waals surface area (Å²) in [6, 6.07) is 9.64. The zero-order chi connectivity index (χ0) is 14.7. The summed E-state index contributed by atoms with van der Waals surface area (Å²) in [5, 5.41) is 3.47. The number of nitrogens with zero attached hydrogens (tertiary/aromatic N) is 2. The minimum Gasteiger partial charge on any atom is -0.497 e. The summed E-state index contributed by atoms with van der Waals surface area (Å²) >= 11 is 0. The van der Waals surface area contributed by atoms with E-state index in [1.54, 1.807) is 7.11 Å². The Kier molecular flexibility index (Phi) is 4.78. The van der Waals surface area contributed by atoms with Gasteiger partial charge in [0.25, 0.3) is 0 Å². The number of hydrogen-bond acceptors (Lipinski definition) is 4. The van der Waals surface area contributed by atoms with Crippen molar-refractivity contribution in [1.82, 2.24) is 15.1 Å². The lowest BCUT2D eigenvalue weighted by molar-refractivity contribution is 0.0971. The standard InChI is InChI=1S/C17H27N3O/c1-18-17(14-5-7-16(21-2)8-6-14)13-19-10-11-20-9-3-4-15(20)12-19/h5-8,15,17-18H,3-4,9-13H2,1-2H3. The number of ether oxygens (including phenoxy) is 1. The van der Waals surface area contributed by atoms with Crippen LogP contribution in [-0.2, 0) is 0 Å². The van der Waals surface area contributed by atoms with Crippen LogP contribution in [0.1, 0.15) is 24.4 Å². The highest BCUT2D eigenvalue weighted by molar-refractivity contribution is 5.29. The first-order chi connectivity index (χ1) is 10.3. The second kappa shape index (κ2) is 6.77. The largest absolute Gasteiger partial charge is 0.497 e. The fourth-order valence-corrected chi connectivity index (χ4v) is 3.68. The van der Waals surface area contributed by atoms with Gasteiger partial charge in [0, 0.05) is 38.3 Å². The lowest BCUT2D eigenvalue weighted by atomic mass is 10.0. The number of likely N-dealkylation sites (N-methyl/N-ethyl adjacent to an activating group) is 1. The summed E-state index contributed by atoms with van der Waals surface area (Å²) in [4.78, 5) is 5.29. The van der Waals surface area contributed by atoms with Crippen LogP contribution in [0.4, 0.5) is 0 Å². The Bertz CT molecular complexity index is 448. The van der Waals surface area contributed by atoms with Crippen LogP contribution in [0.2, 0.25) is 0 Å². The average molecular weight is 289 g/mol. The highest BCUT2D eigenvalue weighted by Crippen LogP contribution is 2.24. The van der Waals surface area contributed by atoms with Gasteiger partial charge in [-0.25, -0.2) is 0 Å². The molecule has 2 heterocycles. The monoisotopic (exact) mass is 289 g/mol. The summed E-state index contributed by atoms with van der Waals surface area (Å²) in [6.07, 6.45) is 2.76. The van der Waals surface area contributed by atoms with Gasteiger partial charge in [-0.15, -0.1) is 0 Å². The Morgan fingerprint density at radius 3 is 2.76 bits per heavy atom. The minimum absolute atomic E-state index is 0.392. The van der Waals surface area contributed by atoms with E-state index in [-0.39, 0.29) is 0 Å². The molecule has 0 spiro atoms. The van der Waals surface area contributed by atoms with Crippen molar-refractivity contribution in [2.45, 2.75) is 24.9 Å². The molecule has 0 amide bonds. The number of fused-ring (bicyclic) bond motifs is 1. The van der Waals surface area contributed by atoms with Crippen molar-refractivity contribution in [2.24, 2.45) is 0 Å². The fourth-order valence-electron chi connectivity index (χ4n) is 3.68. The third-order valence-corrected chi connectivity index (χ3v) is 4.98. The summed E-state index contributed by atoms with van der Waals surface area (Å²) in [6.45, 7) is 6.07. The molecule has 2 aliphatic rings. The molecule has 4 nitrogen and oxygen atoms in total. The molecule has 21 heavy (non-hydrogen) atoms. The zero-order valence-corrected chi connectivity index (χ0v) is 13.2. The van der Waals surface area contributed by atoms with Gasteiger partial charge in [0.2, 0.25) is 0 Å². The molecule has 2 fully saturated rings. The van der Waals surface area contributed by atoms with E-state index in [4.69, 9.17) is 4.74 Å². The van der Waals surface area contributed by atoms with Crippen molar-refractivity contribution in [3.05, 3.63) is 29.8 Å². The van der Waals surface area contributed by atoms with Crippen LogP contribution in [0.5, 0.6) is 5.75 Å². The van der Waals surface area contributed by atoms with Gasteiger partial charge in [-0.05, 0) is 44.1 Å². The highest BCUT2D eigenvalue weighted by atomic mass is 16.5. The third kappa shape index (κ3) is 3.39. The normalized spacial score (nSPS) is 24.8. The van der Waals surface area contributed by atoms with Crippen LogP contribution in [0.25, 0.3) is 0 Å². The predicted octanol–water partition coefficient (Wildman–Crippen LogP) is 1.74. The van der Waals surface area contributed by atoms with E-state index >= 15 is 0 Å². The van der Waals surface area contributed by atoms with Crippen molar-refractivity contribution in [3.8, 4) is 5.75 Å². The molecule has 2 saturated heterocycles. The van der Waals surface area contributed by atoms with E-state index in [0.717, 1.165) is 18.3 Å². The van der Waals surface area contributed by atoms with Crippen molar-refractivity contribution in [3.63, 3.8) is 0 Å². The third-order valence-electron chi connectivity index (χ3n) is 4.98. The number of methoxy groups -OCH3 is 1. The number of nitrogens with one attached hydrogen (secondary N) is 1. The molecule has 0 aromatic heterocycles.